The minimum Gasteiger partial charge on any atom is -0.340 e. The Morgan fingerprint density at radius 3 is 2.54 bits per heavy atom. The highest BCUT2D eigenvalue weighted by molar-refractivity contribution is 7.90. The fraction of sp³-hybridized carbons (Fsp3) is 0.562. The molecule has 2 aromatic rings. The van der Waals surface area contributed by atoms with E-state index in [1.807, 2.05) is 6.07 Å². The monoisotopic (exact) mass is 349 g/mol. The Labute approximate surface area is 142 Å². The van der Waals surface area contributed by atoms with Gasteiger partial charge in [0, 0.05) is 19.3 Å². The molecular formula is C16H23N5O2S. The van der Waals surface area contributed by atoms with Crippen molar-refractivity contribution in [2.75, 3.05) is 30.0 Å². The van der Waals surface area contributed by atoms with Crippen LogP contribution in [0.4, 0.5) is 5.95 Å². The van der Waals surface area contributed by atoms with E-state index in [2.05, 4.69) is 44.7 Å². The minimum absolute atomic E-state index is 0.0511. The van der Waals surface area contributed by atoms with Gasteiger partial charge < -0.3 is 4.90 Å². The van der Waals surface area contributed by atoms with Gasteiger partial charge in [0.2, 0.25) is 5.95 Å². The van der Waals surface area contributed by atoms with Crippen molar-refractivity contribution < 1.29 is 8.42 Å². The maximum atomic E-state index is 11.3. The third-order valence-corrected chi connectivity index (χ3v) is 5.38. The van der Waals surface area contributed by atoms with Crippen molar-refractivity contribution in [3.05, 3.63) is 35.9 Å². The number of nitrogens with zero attached hydrogens (tertiary/aromatic N) is 5. The van der Waals surface area contributed by atoms with Crippen molar-refractivity contribution in [3.8, 4) is 0 Å². The first-order chi connectivity index (χ1) is 11.5. The smallest absolute Gasteiger partial charge is 0.245 e. The second kappa shape index (κ2) is 7.29. The molecule has 0 amide bonds. The molecule has 1 aromatic heterocycles. The Kier molecular flexibility index (Phi) is 5.13. The molecule has 24 heavy (non-hydrogen) atoms. The molecule has 0 aliphatic carbocycles. The van der Waals surface area contributed by atoms with Crippen molar-refractivity contribution in [1.82, 2.24) is 20.2 Å². The van der Waals surface area contributed by atoms with E-state index < -0.39 is 9.84 Å². The van der Waals surface area contributed by atoms with Crippen LogP contribution < -0.4 is 4.90 Å². The third kappa shape index (κ3) is 4.53. The van der Waals surface area contributed by atoms with Gasteiger partial charge in [-0.15, -0.1) is 0 Å². The first kappa shape index (κ1) is 16.9. The number of hydrogen-bond donors (Lipinski definition) is 0. The van der Waals surface area contributed by atoms with Crippen LogP contribution in [0.15, 0.2) is 30.3 Å². The molecule has 7 nitrogen and oxygen atoms in total. The Morgan fingerprint density at radius 1 is 1.17 bits per heavy atom. The maximum Gasteiger partial charge on any atom is 0.245 e. The summed E-state index contributed by atoms with van der Waals surface area (Å²) in [7, 11) is -3.03. The standard InChI is InChI=1S/C16H23N5O2S/c1-24(22,23)12-11-21-16(17-18-19-21)20-9-7-15(8-10-20)13-14-5-3-2-4-6-14/h2-6,15H,7-13H2,1H3. The number of benzene rings is 1. The molecule has 0 N–H and O–H groups in total. The van der Waals surface area contributed by atoms with Gasteiger partial charge in [0.15, 0.2) is 0 Å². The van der Waals surface area contributed by atoms with Gasteiger partial charge in [0.25, 0.3) is 0 Å². The highest BCUT2D eigenvalue weighted by atomic mass is 32.2. The summed E-state index contributed by atoms with van der Waals surface area (Å²) < 4.78 is 24.3. The van der Waals surface area contributed by atoms with Gasteiger partial charge in [-0.05, 0) is 41.2 Å². The second-order valence-corrected chi connectivity index (χ2v) is 8.71. The fourth-order valence-electron chi connectivity index (χ4n) is 3.11. The predicted molar refractivity (Wildman–Crippen MR) is 92.6 cm³/mol. The molecule has 0 atom stereocenters. The van der Waals surface area contributed by atoms with Crippen molar-refractivity contribution in [2.24, 2.45) is 5.92 Å². The predicted octanol–water partition coefficient (Wildman–Crippen LogP) is 1.18. The number of anilines is 1. The highest BCUT2D eigenvalue weighted by Crippen LogP contribution is 2.24. The molecule has 1 saturated heterocycles. The molecule has 0 unspecified atom stereocenters. The number of piperidine rings is 1. The van der Waals surface area contributed by atoms with Crippen LogP contribution in [-0.2, 0) is 22.8 Å². The molecule has 8 heteroatoms. The zero-order chi connectivity index (χ0) is 17.0. The largest absolute Gasteiger partial charge is 0.340 e. The molecule has 2 heterocycles. The van der Waals surface area contributed by atoms with Gasteiger partial charge in [-0.25, -0.2) is 13.1 Å². The minimum atomic E-state index is -3.03. The number of tetrazole rings is 1. The average Bonchev–Trinajstić information content (AvgIpc) is 3.03. The normalized spacial score (nSPS) is 16.5. The van der Waals surface area contributed by atoms with Gasteiger partial charge in [0.1, 0.15) is 9.84 Å². The van der Waals surface area contributed by atoms with Crippen molar-refractivity contribution in [1.29, 1.82) is 0 Å². The van der Waals surface area contributed by atoms with E-state index in [-0.39, 0.29) is 5.75 Å². The van der Waals surface area contributed by atoms with Crippen LogP contribution in [0.2, 0.25) is 0 Å². The van der Waals surface area contributed by atoms with E-state index in [1.54, 1.807) is 4.68 Å². The van der Waals surface area contributed by atoms with Gasteiger partial charge in [0.05, 0.1) is 12.3 Å². The highest BCUT2D eigenvalue weighted by Gasteiger charge is 2.23. The molecule has 1 fully saturated rings. The summed E-state index contributed by atoms with van der Waals surface area (Å²) in [4.78, 5) is 2.16. The van der Waals surface area contributed by atoms with Crippen molar-refractivity contribution in [2.45, 2.75) is 25.8 Å². The lowest BCUT2D eigenvalue weighted by molar-refractivity contribution is 0.397. The summed E-state index contributed by atoms with van der Waals surface area (Å²) in [6.45, 7) is 2.10. The average molecular weight is 349 g/mol. The van der Waals surface area contributed by atoms with Gasteiger partial charge >= 0.3 is 0 Å². The Bertz CT molecular complexity index is 752. The fourth-order valence-corrected chi connectivity index (χ4v) is 3.61. The summed E-state index contributed by atoms with van der Waals surface area (Å²) in [5.41, 5.74) is 1.38. The Morgan fingerprint density at radius 2 is 1.88 bits per heavy atom. The zero-order valence-electron chi connectivity index (χ0n) is 13.9. The van der Waals surface area contributed by atoms with E-state index in [0.29, 0.717) is 18.4 Å². The van der Waals surface area contributed by atoms with E-state index in [1.165, 1.54) is 11.8 Å². The summed E-state index contributed by atoms with van der Waals surface area (Å²) in [6.07, 6.45) is 4.52. The molecule has 3 rings (SSSR count). The lowest BCUT2D eigenvalue weighted by Crippen LogP contribution is -2.36. The lowest BCUT2D eigenvalue weighted by atomic mass is 9.90. The molecule has 1 aliphatic heterocycles. The number of aryl methyl sites for hydroxylation is 1. The Hall–Kier alpha value is -1.96. The first-order valence-electron chi connectivity index (χ1n) is 8.24. The van der Waals surface area contributed by atoms with Crippen LogP contribution in [0.1, 0.15) is 18.4 Å². The molecule has 0 radical (unpaired) electrons. The molecule has 0 spiro atoms. The summed E-state index contributed by atoms with van der Waals surface area (Å²) in [6, 6.07) is 10.6. The molecule has 1 aliphatic rings. The third-order valence-electron chi connectivity index (χ3n) is 4.45. The van der Waals surface area contributed by atoms with Gasteiger partial charge in [-0.1, -0.05) is 35.4 Å². The number of sulfone groups is 1. The van der Waals surface area contributed by atoms with Crippen LogP contribution in [0.3, 0.4) is 0 Å². The van der Waals surface area contributed by atoms with Crippen LogP contribution in [-0.4, -0.2) is 53.7 Å². The molecule has 0 bridgehead atoms. The van der Waals surface area contributed by atoms with Gasteiger partial charge in [-0.2, -0.15) is 0 Å². The summed E-state index contributed by atoms with van der Waals surface area (Å²) >= 11 is 0. The summed E-state index contributed by atoms with van der Waals surface area (Å²) in [5.74, 6) is 1.40. The number of aromatic nitrogens is 4. The number of rotatable bonds is 6. The van der Waals surface area contributed by atoms with E-state index >= 15 is 0 Å². The summed E-state index contributed by atoms with van der Waals surface area (Å²) in [5, 5.41) is 11.7. The van der Waals surface area contributed by atoms with Crippen molar-refractivity contribution >= 4 is 15.8 Å². The van der Waals surface area contributed by atoms with Crippen molar-refractivity contribution in [3.63, 3.8) is 0 Å². The van der Waals surface area contributed by atoms with E-state index in [4.69, 9.17) is 0 Å². The topological polar surface area (TPSA) is 81.0 Å². The number of hydrogen-bond acceptors (Lipinski definition) is 6. The molecule has 1 aromatic carbocycles. The van der Waals surface area contributed by atoms with Gasteiger partial charge in [-0.3, -0.25) is 0 Å². The van der Waals surface area contributed by atoms with Crippen LogP contribution >= 0.6 is 0 Å². The SMILES string of the molecule is CS(=O)(=O)CCn1nnnc1N1CCC(Cc2ccccc2)CC1. The molecular weight excluding hydrogens is 326 g/mol. The Balaban J connectivity index is 1.56. The van der Waals surface area contributed by atoms with E-state index in [9.17, 15) is 8.42 Å². The maximum absolute atomic E-state index is 11.3. The van der Waals surface area contributed by atoms with Crippen LogP contribution in [0.5, 0.6) is 0 Å². The quantitative estimate of drug-likeness (QED) is 0.779. The van der Waals surface area contributed by atoms with Crippen LogP contribution in [0.25, 0.3) is 0 Å². The van der Waals surface area contributed by atoms with Crippen LogP contribution in [0, 0.1) is 5.92 Å². The second-order valence-electron chi connectivity index (χ2n) is 6.45. The first-order valence-corrected chi connectivity index (χ1v) is 10.3. The lowest BCUT2D eigenvalue weighted by Gasteiger charge is -2.32. The molecule has 0 saturated carbocycles. The van der Waals surface area contributed by atoms with E-state index in [0.717, 1.165) is 32.4 Å². The molecule has 130 valence electrons. The zero-order valence-corrected chi connectivity index (χ0v) is 14.7.